The molecule has 112 valence electrons. The lowest BCUT2D eigenvalue weighted by molar-refractivity contribution is 0.416. The van der Waals surface area contributed by atoms with Crippen LogP contribution < -0.4 is 10.5 Å². The molecule has 0 aliphatic carbocycles. The van der Waals surface area contributed by atoms with Crippen molar-refractivity contribution in [2.45, 2.75) is 0 Å². The second kappa shape index (κ2) is 5.21. The van der Waals surface area contributed by atoms with Gasteiger partial charge in [-0.05, 0) is 30.3 Å². The molecule has 0 amide bonds. The number of hydrogen-bond donors (Lipinski definition) is 1. The van der Waals surface area contributed by atoms with Gasteiger partial charge in [-0.25, -0.2) is 15.0 Å². The molecule has 0 spiro atoms. The first-order chi connectivity index (χ1) is 11.3. The lowest BCUT2D eigenvalue weighted by atomic mass is 10.1. The maximum Gasteiger partial charge on any atom is 0.152 e. The van der Waals surface area contributed by atoms with Crippen molar-refractivity contribution in [2.24, 2.45) is 0 Å². The zero-order chi connectivity index (χ0) is 15.8. The molecular formula is C18H14N4O. The first-order valence-corrected chi connectivity index (χ1v) is 7.22. The Morgan fingerprint density at radius 2 is 1.52 bits per heavy atom. The predicted molar refractivity (Wildman–Crippen MR) is 91.2 cm³/mol. The van der Waals surface area contributed by atoms with Gasteiger partial charge in [0.25, 0.3) is 0 Å². The van der Waals surface area contributed by atoms with E-state index < -0.39 is 0 Å². The maximum absolute atomic E-state index is 6.12. The van der Waals surface area contributed by atoms with Crippen LogP contribution in [0.4, 0.5) is 5.82 Å². The van der Waals surface area contributed by atoms with E-state index in [1.165, 1.54) is 0 Å². The fourth-order valence-corrected chi connectivity index (χ4v) is 2.64. The van der Waals surface area contributed by atoms with Crippen LogP contribution in [0.15, 0.2) is 54.6 Å². The molecular weight excluding hydrogens is 288 g/mol. The third kappa shape index (κ3) is 2.23. The standard InChI is InChI=1S/C18H14N4O/c1-23-16-9-5-2-6-11(16)14-10-15-17(18(19)22-14)21-13-8-4-3-7-12(13)20-15/h2-10H,1H3,(H2,19,22). The van der Waals surface area contributed by atoms with Gasteiger partial charge in [0, 0.05) is 5.56 Å². The summed E-state index contributed by atoms with van der Waals surface area (Å²) in [6.45, 7) is 0. The van der Waals surface area contributed by atoms with Crippen LogP contribution in [-0.2, 0) is 0 Å². The number of nitrogens with zero attached hydrogens (tertiary/aromatic N) is 3. The highest BCUT2D eigenvalue weighted by Crippen LogP contribution is 2.31. The molecule has 5 nitrogen and oxygen atoms in total. The lowest BCUT2D eigenvalue weighted by Gasteiger charge is -2.10. The van der Waals surface area contributed by atoms with E-state index in [1.54, 1.807) is 7.11 Å². The van der Waals surface area contributed by atoms with E-state index >= 15 is 0 Å². The smallest absolute Gasteiger partial charge is 0.152 e. The number of nitrogens with two attached hydrogens (primary N) is 1. The number of para-hydroxylation sites is 3. The van der Waals surface area contributed by atoms with Gasteiger partial charge in [-0.1, -0.05) is 24.3 Å². The first-order valence-electron chi connectivity index (χ1n) is 7.22. The van der Waals surface area contributed by atoms with Crippen molar-refractivity contribution in [3.05, 3.63) is 54.6 Å². The number of benzene rings is 2. The molecule has 0 saturated heterocycles. The van der Waals surface area contributed by atoms with E-state index in [-0.39, 0.29) is 0 Å². The van der Waals surface area contributed by atoms with Crippen LogP contribution in [0.25, 0.3) is 33.3 Å². The van der Waals surface area contributed by atoms with Crippen molar-refractivity contribution >= 4 is 27.9 Å². The fourth-order valence-electron chi connectivity index (χ4n) is 2.64. The van der Waals surface area contributed by atoms with Crippen LogP contribution in [0, 0.1) is 0 Å². The van der Waals surface area contributed by atoms with Crippen molar-refractivity contribution in [2.75, 3.05) is 12.8 Å². The number of rotatable bonds is 2. The Morgan fingerprint density at radius 3 is 2.30 bits per heavy atom. The normalized spacial score (nSPS) is 11.0. The number of fused-ring (bicyclic) bond motifs is 2. The zero-order valence-electron chi connectivity index (χ0n) is 12.5. The van der Waals surface area contributed by atoms with Gasteiger partial charge in [-0.3, -0.25) is 0 Å². The minimum atomic E-state index is 0.363. The van der Waals surface area contributed by atoms with E-state index in [0.29, 0.717) is 11.3 Å². The van der Waals surface area contributed by atoms with Gasteiger partial charge in [0.2, 0.25) is 0 Å². The minimum absolute atomic E-state index is 0.363. The molecule has 0 radical (unpaired) electrons. The summed E-state index contributed by atoms with van der Waals surface area (Å²) in [5, 5.41) is 0. The summed E-state index contributed by atoms with van der Waals surface area (Å²) in [5.74, 6) is 1.11. The zero-order valence-corrected chi connectivity index (χ0v) is 12.5. The molecule has 5 heteroatoms. The van der Waals surface area contributed by atoms with E-state index in [0.717, 1.165) is 33.6 Å². The summed E-state index contributed by atoms with van der Waals surface area (Å²) in [6.07, 6.45) is 0. The summed E-state index contributed by atoms with van der Waals surface area (Å²) in [7, 11) is 1.64. The number of aromatic nitrogens is 3. The molecule has 0 unspecified atom stereocenters. The average molecular weight is 302 g/mol. The number of anilines is 1. The van der Waals surface area contributed by atoms with Crippen molar-refractivity contribution in [1.29, 1.82) is 0 Å². The molecule has 0 fully saturated rings. The molecule has 0 aliphatic rings. The Labute approximate surface area is 132 Å². The Hall–Kier alpha value is -3.21. The minimum Gasteiger partial charge on any atom is -0.496 e. The molecule has 0 aliphatic heterocycles. The van der Waals surface area contributed by atoms with Crippen LogP contribution in [0.2, 0.25) is 0 Å². The highest BCUT2D eigenvalue weighted by molar-refractivity contribution is 5.93. The number of pyridine rings is 1. The summed E-state index contributed by atoms with van der Waals surface area (Å²) in [6, 6.07) is 17.3. The van der Waals surface area contributed by atoms with Crippen molar-refractivity contribution in [3.8, 4) is 17.0 Å². The summed E-state index contributed by atoms with van der Waals surface area (Å²) >= 11 is 0. The van der Waals surface area contributed by atoms with Crippen LogP contribution in [0.5, 0.6) is 5.75 Å². The van der Waals surface area contributed by atoms with Gasteiger partial charge in [0.05, 0.1) is 29.4 Å². The van der Waals surface area contributed by atoms with Crippen LogP contribution in [-0.4, -0.2) is 22.1 Å². The van der Waals surface area contributed by atoms with E-state index in [9.17, 15) is 0 Å². The second-order valence-corrected chi connectivity index (χ2v) is 5.17. The maximum atomic E-state index is 6.12. The third-order valence-corrected chi connectivity index (χ3v) is 3.74. The first kappa shape index (κ1) is 13.5. The molecule has 0 saturated carbocycles. The van der Waals surface area contributed by atoms with Gasteiger partial charge in [-0.15, -0.1) is 0 Å². The van der Waals surface area contributed by atoms with Gasteiger partial charge < -0.3 is 10.5 Å². The Kier molecular flexibility index (Phi) is 3.05. The van der Waals surface area contributed by atoms with E-state index in [4.69, 9.17) is 10.5 Å². The number of hydrogen-bond acceptors (Lipinski definition) is 5. The molecule has 2 aromatic heterocycles. The average Bonchev–Trinajstić information content (AvgIpc) is 2.60. The van der Waals surface area contributed by atoms with E-state index in [1.807, 2.05) is 54.6 Å². The highest BCUT2D eigenvalue weighted by Gasteiger charge is 2.12. The molecule has 4 aromatic rings. The Bertz CT molecular complexity index is 1030. The molecule has 2 aromatic carbocycles. The highest BCUT2D eigenvalue weighted by atomic mass is 16.5. The SMILES string of the molecule is COc1ccccc1-c1cc2nc3ccccc3nc2c(N)n1. The second-order valence-electron chi connectivity index (χ2n) is 5.17. The molecule has 0 atom stereocenters. The number of methoxy groups -OCH3 is 1. The fraction of sp³-hybridized carbons (Fsp3) is 0.0556. The van der Waals surface area contributed by atoms with Gasteiger partial charge >= 0.3 is 0 Å². The predicted octanol–water partition coefficient (Wildman–Crippen LogP) is 3.44. The Morgan fingerprint density at radius 1 is 0.826 bits per heavy atom. The topological polar surface area (TPSA) is 73.9 Å². The Balaban J connectivity index is 2.01. The summed E-state index contributed by atoms with van der Waals surface area (Å²) in [5.41, 5.74) is 10.7. The third-order valence-electron chi connectivity index (χ3n) is 3.74. The summed E-state index contributed by atoms with van der Waals surface area (Å²) in [4.78, 5) is 13.7. The van der Waals surface area contributed by atoms with Crippen molar-refractivity contribution in [1.82, 2.24) is 15.0 Å². The largest absolute Gasteiger partial charge is 0.496 e. The molecule has 0 bridgehead atoms. The monoisotopic (exact) mass is 302 g/mol. The molecule has 23 heavy (non-hydrogen) atoms. The van der Waals surface area contributed by atoms with Gasteiger partial charge in [-0.2, -0.15) is 0 Å². The van der Waals surface area contributed by atoms with Crippen molar-refractivity contribution < 1.29 is 4.74 Å². The molecule has 2 heterocycles. The van der Waals surface area contributed by atoms with Crippen LogP contribution >= 0.6 is 0 Å². The quantitative estimate of drug-likeness (QED) is 0.574. The van der Waals surface area contributed by atoms with Crippen LogP contribution in [0.3, 0.4) is 0 Å². The lowest BCUT2D eigenvalue weighted by Crippen LogP contribution is -1.99. The molecule has 4 rings (SSSR count). The van der Waals surface area contributed by atoms with Gasteiger partial charge in [0.15, 0.2) is 5.82 Å². The number of nitrogen functional groups attached to an aromatic ring is 1. The summed E-state index contributed by atoms with van der Waals surface area (Å²) < 4.78 is 5.41. The van der Waals surface area contributed by atoms with Gasteiger partial charge in [0.1, 0.15) is 11.3 Å². The molecule has 2 N–H and O–H groups in total. The van der Waals surface area contributed by atoms with Crippen molar-refractivity contribution in [3.63, 3.8) is 0 Å². The number of ether oxygens (including phenoxy) is 1. The van der Waals surface area contributed by atoms with Crippen LogP contribution in [0.1, 0.15) is 0 Å². The van der Waals surface area contributed by atoms with E-state index in [2.05, 4.69) is 15.0 Å².